The van der Waals surface area contributed by atoms with Crippen molar-refractivity contribution in [2.45, 2.75) is 50.6 Å². The molecule has 0 aromatic heterocycles. The summed E-state index contributed by atoms with van der Waals surface area (Å²) in [7, 11) is 0. The van der Waals surface area contributed by atoms with E-state index < -0.39 is 36.3 Å². The number of allylic oxidation sites excluding steroid dienone is 2. The SMILES string of the molecule is CC(=O)OC(CC1CC2CC1C1C3C=CC(C3)C21)(C(F)(F)F)C(F)(F)F. The maximum Gasteiger partial charge on any atom is 0.437 e. The molecule has 4 rings (SSSR count). The number of esters is 1. The van der Waals surface area contributed by atoms with Gasteiger partial charge in [0.15, 0.2) is 0 Å². The molecule has 0 heterocycles. The summed E-state index contributed by atoms with van der Waals surface area (Å²) >= 11 is 0. The Bertz CT molecular complexity index is 623. The lowest BCUT2D eigenvalue weighted by Gasteiger charge is -2.42. The second-order valence-electron chi connectivity index (χ2n) is 8.38. The molecule has 3 fully saturated rings. The topological polar surface area (TPSA) is 26.3 Å². The number of fused-ring (bicyclic) bond motifs is 9. The number of hydrogen-bond donors (Lipinski definition) is 0. The summed E-state index contributed by atoms with van der Waals surface area (Å²) in [5, 5.41) is 0. The monoisotopic (exact) mass is 382 g/mol. The first-order valence-electron chi connectivity index (χ1n) is 8.96. The van der Waals surface area contributed by atoms with E-state index in [0.717, 1.165) is 6.42 Å². The molecule has 8 heteroatoms. The summed E-state index contributed by atoms with van der Waals surface area (Å²) in [6.45, 7) is 0.587. The molecule has 0 aromatic rings. The van der Waals surface area contributed by atoms with E-state index in [1.165, 1.54) is 0 Å². The minimum atomic E-state index is -5.70. The Hall–Kier alpha value is -1.21. The molecule has 0 spiro atoms. The van der Waals surface area contributed by atoms with Crippen molar-refractivity contribution >= 4 is 5.97 Å². The van der Waals surface area contributed by atoms with Gasteiger partial charge in [0.2, 0.25) is 0 Å². The zero-order valence-electron chi connectivity index (χ0n) is 14.1. The molecule has 0 aromatic carbocycles. The molecule has 3 saturated carbocycles. The normalized spacial score (nSPS) is 41.0. The van der Waals surface area contributed by atoms with Gasteiger partial charge < -0.3 is 4.74 Å². The number of rotatable bonds is 3. The first-order chi connectivity index (χ1) is 11.9. The van der Waals surface area contributed by atoms with Crippen LogP contribution in [0.5, 0.6) is 0 Å². The molecular formula is C18H20F6O2. The molecule has 7 atom stereocenters. The zero-order chi connectivity index (χ0) is 19.1. The Balaban J connectivity index is 1.63. The molecule has 7 unspecified atom stereocenters. The summed E-state index contributed by atoms with van der Waals surface area (Å²) in [6, 6.07) is 0. The third-order valence-electron chi connectivity index (χ3n) is 7.19. The highest BCUT2D eigenvalue weighted by molar-refractivity contribution is 5.66. The van der Waals surface area contributed by atoms with Crippen molar-refractivity contribution in [2.24, 2.45) is 41.4 Å². The van der Waals surface area contributed by atoms with Gasteiger partial charge in [0.25, 0.3) is 0 Å². The minimum absolute atomic E-state index is 0.149. The summed E-state index contributed by atoms with van der Waals surface area (Å²) < 4.78 is 85.2. The van der Waals surface area contributed by atoms with Gasteiger partial charge in [0.05, 0.1) is 0 Å². The molecule has 4 aliphatic carbocycles. The Kier molecular flexibility index (Phi) is 3.78. The molecule has 0 saturated heterocycles. The molecular weight excluding hydrogens is 362 g/mol. The highest BCUT2D eigenvalue weighted by Crippen LogP contribution is 2.68. The quantitative estimate of drug-likeness (QED) is 0.300. The van der Waals surface area contributed by atoms with Crippen LogP contribution < -0.4 is 0 Å². The first-order valence-corrected chi connectivity index (χ1v) is 8.96. The van der Waals surface area contributed by atoms with E-state index in [1.54, 1.807) is 0 Å². The fourth-order valence-electron chi connectivity index (χ4n) is 6.55. The van der Waals surface area contributed by atoms with Crippen LogP contribution in [0.25, 0.3) is 0 Å². The molecule has 4 bridgehead atoms. The summed E-state index contributed by atoms with van der Waals surface area (Å²) in [4.78, 5) is 11.1. The van der Waals surface area contributed by atoms with Crippen LogP contribution in [0, 0.1) is 41.4 Å². The predicted molar refractivity (Wildman–Crippen MR) is 78.6 cm³/mol. The van der Waals surface area contributed by atoms with Crippen molar-refractivity contribution in [3.63, 3.8) is 0 Å². The third kappa shape index (κ3) is 2.35. The molecule has 0 aliphatic heterocycles. The van der Waals surface area contributed by atoms with Gasteiger partial charge in [-0.05, 0) is 60.7 Å². The molecule has 146 valence electrons. The lowest BCUT2D eigenvalue weighted by Crippen LogP contribution is -2.60. The number of carbonyl (C=O) groups is 1. The van der Waals surface area contributed by atoms with Crippen LogP contribution >= 0.6 is 0 Å². The number of halogens is 6. The van der Waals surface area contributed by atoms with E-state index in [0.29, 0.717) is 31.6 Å². The molecule has 2 nitrogen and oxygen atoms in total. The van der Waals surface area contributed by atoms with Crippen LogP contribution in [-0.2, 0) is 9.53 Å². The Morgan fingerprint density at radius 1 is 0.962 bits per heavy atom. The lowest BCUT2D eigenvalue weighted by atomic mass is 9.67. The van der Waals surface area contributed by atoms with E-state index in [1.807, 2.05) is 0 Å². The van der Waals surface area contributed by atoms with Crippen molar-refractivity contribution in [3.05, 3.63) is 12.2 Å². The maximum absolute atomic E-state index is 13.5. The molecule has 0 N–H and O–H groups in total. The van der Waals surface area contributed by atoms with Crippen LogP contribution in [0.2, 0.25) is 0 Å². The van der Waals surface area contributed by atoms with Gasteiger partial charge in [-0.3, -0.25) is 4.79 Å². The lowest BCUT2D eigenvalue weighted by molar-refractivity contribution is -0.374. The average Bonchev–Trinajstić information content (AvgIpc) is 3.22. The second-order valence-corrected chi connectivity index (χ2v) is 8.38. The molecule has 26 heavy (non-hydrogen) atoms. The third-order valence-corrected chi connectivity index (χ3v) is 7.19. The number of ether oxygens (including phenoxy) is 1. The average molecular weight is 382 g/mol. The standard InChI is InChI=1S/C18H20F6O2/c1-8(25)26-16(17(19,20)21,18(22,23)24)7-12-5-11-6-13(12)15-10-3-2-9(4-10)14(11)15/h2-3,9-15H,4-7H2,1H3. The Morgan fingerprint density at radius 2 is 1.54 bits per heavy atom. The Labute approximate surface area is 146 Å². The van der Waals surface area contributed by atoms with Crippen molar-refractivity contribution in [1.82, 2.24) is 0 Å². The van der Waals surface area contributed by atoms with E-state index in [9.17, 15) is 31.1 Å². The summed E-state index contributed by atoms with van der Waals surface area (Å²) in [5.74, 6) is -0.945. The predicted octanol–water partition coefficient (Wildman–Crippen LogP) is 4.90. The van der Waals surface area contributed by atoms with Crippen LogP contribution in [-0.4, -0.2) is 23.9 Å². The van der Waals surface area contributed by atoms with Crippen molar-refractivity contribution in [3.8, 4) is 0 Å². The fraction of sp³-hybridized carbons (Fsp3) is 0.833. The van der Waals surface area contributed by atoms with Crippen LogP contribution in [0.4, 0.5) is 26.3 Å². The fourth-order valence-corrected chi connectivity index (χ4v) is 6.55. The van der Waals surface area contributed by atoms with E-state index in [-0.39, 0.29) is 23.7 Å². The van der Waals surface area contributed by atoms with Gasteiger partial charge in [-0.2, -0.15) is 26.3 Å². The van der Waals surface area contributed by atoms with Crippen molar-refractivity contribution in [1.29, 1.82) is 0 Å². The minimum Gasteiger partial charge on any atom is -0.440 e. The summed E-state index contributed by atoms with van der Waals surface area (Å²) in [6.07, 6.45) is -6.35. The van der Waals surface area contributed by atoms with Crippen molar-refractivity contribution in [2.75, 3.05) is 0 Å². The Morgan fingerprint density at radius 3 is 2.08 bits per heavy atom. The van der Waals surface area contributed by atoms with E-state index in [2.05, 4.69) is 16.9 Å². The molecule has 0 radical (unpaired) electrons. The van der Waals surface area contributed by atoms with Crippen LogP contribution in [0.15, 0.2) is 12.2 Å². The van der Waals surface area contributed by atoms with Gasteiger partial charge in [-0.25, -0.2) is 0 Å². The second kappa shape index (κ2) is 5.41. The van der Waals surface area contributed by atoms with Crippen molar-refractivity contribution < 1.29 is 35.9 Å². The number of carbonyl (C=O) groups excluding carboxylic acids is 1. The highest BCUT2D eigenvalue weighted by atomic mass is 19.4. The van der Waals surface area contributed by atoms with Gasteiger partial charge in [0.1, 0.15) is 0 Å². The van der Waals surface area contributed by atoms with Gasteiger partial charge in [0, 0.05) is 13.3 Å². The van der Waals surface area contributed by atoms with Gasteiger partial charge >= 0.3 is 23.9 Å². The molecule has 0 amide bonds. The highest BCUT2D eigenvalue weighted by Gasteiger charge is 2.75. The zero-order valence-corrected chi connectivity index (χ0v) is 14.1. The maximum atomic E-state index is 13.5. The number of hydrogen-bond acceptors (Lipinski definition) is 2. The molecule has 4 aliphatic rings. The van der Waals surface area contributed by atoms with Crippen LogP contribution in [0.1, 0.15) is 32.6 Å². The smallest absolute Gasteiger partial charge is 0.437 e. The first kappa shape index (κ1) is 18.2. The van der Waals surface area contributed by atoms with E-state index in [4.69, 9.17) is 0 Å². The van der Waals surface area contributed by atoms with E-state index >= 15 is 0 Å². The van der Waals surface area contributed by atoms with Gasteiger partial charge in [-0.1, -0.05) is 12.2 Å². The number of alkyl halides is 6. The largest absolute Gasteiger partial charge is 0.440 e. The van der Waals surface area contributed by atoms with Crippen LogP contribution in [0.3, 0.4) is 0 Å². The van der Waals surface area contributed by atoms with Gasteiger partial charge in [-0.15, -0.1) is 0 Å². The summed E-state index contributed by atoms with van der Waals surface area (Å²) in [5.41, 5.74) is -4.41.